The van der Waals surface area contributed by atoms with Gasteiger partial charge in [0.15, 0.2) is 5.82 Å². The Morgan fingerprint density at radius 2 is 2.17 bits per heavy atom. The van der Waals surface area contributed by atoms with Crippen molar-refractivity contribution < 1.29 is 4.92 Å². The standard InChI is InChI=1S/C11H13N5O2/c1-7(2)15-6-13-14-11(15)9-5-8(16(17)18)3-4-10(9)12/h3-7H,12H2,1-2H3. The first kappa shape index (κ1) is 12.0. The van der Waals surface area contributed by atoms with Crippen LogP contribution in [-0.4, -0.2) is 19.7 Å². The Kier molecular flexibility index (Phi) is 2.97. The molecule has 94 valence electrons. The molecule has 0 spiro atoms. The normalized spacial score (nSPS) is 10.8. The second kappa shape index (κ2) is 4.44. The molecule has 0 fully saturated rings. The number of hydrogen-bond acceptors (Lipinski definition) is 5. The fraction of sp³-hybridized carbons (Fsp3) is 0.273. The molecule has 1 aromatic heterocycles. The average molecular weight is 247 g/mol. The summed E-state index contributed by atoms with van der Waals surface area (Å²) in [5.41, 5.74) is 6.79. The summed E-state index contributed by atoms with van der Waals surface area (Å²) in [6.45, 7) is 3.95. The second-order valence-electron chi connectivity index (χ2n) is 4.18. The van der Waals surface area contributed by atoms with Gasteiger partial charge in [0.25, 0.3) is 5.69 Å². The van der Waals surface area contributed by atoms with Gasteiger partial charge in [-0.1, -0.05) is 0 Å². The Balaban J connectivity index is 2.59. The highest BCUT2D eigenvalue weighted by Gasteiger charge is 2.16. The first-order valence-electron chi connectivity index (χ1n) is 5.44. The topological polar surface area (TPSA) is 99.9 Å². The van der Waals surface area contributed by atoms with Crippen molar-refractivity contribution in [2.75, 3.05) is 5.73 Å². The van der Waals surface area contributed by atoms with Gasteiger partial charge in [0.1, 0.15) is 6.33 Å². The summed E-state index contributed by atoms with van der Waals surface area (Å²) in [5.74, 6) is 0.534. The van der Waals surface area contributed by atoms with E-state index in [4.69, 9.17) is 5.73 Å². The van der Waals surface area contributed by atoms with Crippen LogP contribution in [0.2, 0.25) is 0 Å². The predicted octanol–water partition coefficient (Wildman–Crippen LogP) is 2.02. The molecule has 0 radical (unpaired) electrons. The number of nitro groups is 1. The van der Waals surface area contributed by atoms with Gasteiger partial charge in [-0.3, -0.25) is 10.1 Å². The molecule has 7 heteroatoms. The number of hydrogen-bond donors (Lipinski definition) is 1. The first-order chi connectivity index (χ1) is 8.50. The number of nitro benzene ring substituents is 1. The number of nitrogen functional groups attached to an aromatic ring is 1. The van der Waals surface area contributed by atoms with Crippen LogP contribution in [0.3, 0.4) is 0 Å². The van der Waals surface area contributed by atoms with Gasteiger partial charge in [-0.25, -0.2) is 0 Å². The maximum Gasteiger partial charge on any atom is 0.270 e. The molecule has 0 amide bonds. The van der Waals surface area contributed by atoms with Crippen LogP contribution in [0.4, 0.5) is 11.4 Å². The van der Waals surface area contributed by atoms with E-state index >= 15 is 0 Å². The molecule has 0 saturated heterocycles. The van der Waals surface area contributed by atoms with E-state index in [1.807, 2.05) is 18.4 Å². The highest BCUT2D eigenvalue weighted by Crippen LogP contribution is 2.29. The van der Waals surface area contributed by atoms with Crippen LogP contribution in [0.1, 0.15) is 19.9 Å². The average Bonchev–Trinajstić information content (AvgIpc) is 2.78. The van der Waals surface area contributed by atoms with Crippen LogP contribution >= 0.6 is 0 Å². The summed E-state index contributed by atoms with van der Waals surface area (Å²) in [6.07, 6.45) is 1.58. The third-order valence-electron chi connectivity index (χ3n) is 2.62. The summed E-state index contributed by atoms with van der Waals surface area (Å²) in [6, 6.07) is 4.44. The lowest BCUT2D eigenvalue weighted by Crippen LogP contribution is -2.04. The quantitative estimate of drug-likeness (QED) is 0.508. The van der Waals surface area contributed by atoms with Crippen LogP contribution in [0.15, 0.2) is 24.5 Å². The fourth-order valence-corrected chi connectivity index (χ4v) is 1.66. The number of nitrogens with two attached hydrogens (primary N) is 1. The molecular formula is C11H13N5O2. The number of benzene rings is 1. The summed E-state index contributed by atoms with van der Waals surface area (Å²) in [7, 11) is 0. The largest absolute Gasteiger partial charge is 0.398 e. The van der Waals surface area contributed by atoms with E-state index in [0.29, 0.717) is 17.1 Å². The van der Waals surface area contributed by atoms with E-state index in [0.717, 1.165) is 0 Å². The number of rotatable bonds is 3. The maximum atomic E-state index is 10.8. The van der Waals surface area contributed by atoms with E-state index in [-0.39, 0.29) is 11.7 Å². The summed E-state index contributed by atoms with van der Waals surface area (Å²) >= 11 is 0. The zero-order chi connectivity index (χ0) is 13.3. The summed E-state index contributed by atoms with van der Waals surface area (Å²) in [5, 5.41) is 18.6. The van der Waals surface area contributed by atoms with Crippen molar-refractivity contribution in [3.63, 3.8) is 0 Å². The molecule has 7 nitrogen and oxygen atoms in total. The molecule has 2 rings (SSSR count). The van der Waals surface area contributed by atoms with Crippen molar-refractivity contribution in [1.82, 2.24) is 14.8 Å². The number of nitrogens with zero attached hydrogens (tertiary/aromatic N) is 4. The molecule has 0 unspecified atom stereocenters. The molecule has 2 N–H and O–H groups in total. The SMILES string of the molecule is CC(C)n1cnnc1-c1cc([N+](=O)[O-])ccc1N. The second-order valence-corrected chi connectivity index (χ2v) is 4.18. The van der Waals surface area contributed by atoms with E-state index in [1.54, 1.807) is 6.33 Å². The van der Waals surface area contributed by atoms with Crippen LogP contribution < -0.4 is 5.73 Å². The van der Waals surface area contributed by atoms with Crippen molar-refractivity contribution in [2.24, 2.45) is 0 Å². The van der Waals surface area contributed by atoms with Gasteiger partial charge in [0.05, 0.1) is 4.92 Å². The molecular weight excluding hydrogens is 234 g/mol. The lowest BCUT2D eigenvalue weighted by molar-refractivity contribution is -0.384. The number of aromatic nitrogens is 3. The number of anilines is 1. The van der Waals surface area contributed by atoms with Gasteiger partial charge < -0.3 is 10.3 Å². The third-order valence-corrected chi connectivity index (χ3v) is 2.62. The van der Waals surface area contributed by atoms with Crippen molar-refractivity contribution >= 4 is 11.4 Å². The molecule has 0 bridgehead atoms. The highest BCUT2D eigenvalue weighted by molar-refractivity contribution is 5.74. The molecule has 0 aliphatic heterocycles. The lowest BCUT2D eigenvalue weighted by atomic mass is 10.1. The molecule has 18 heavy (non-hydrogen) atoms. The van der Waals surface area contributed by atoms with Crippen molar-refractivity contribution in [1.29, 1.82) is 0 Å². The van der Waals surface area contributed by atoms with Gasteiger partial charge in [-0.2, -0.15) is 0 Å². The molecule has 0 atom stereocenters. The van der Waals surface area contributed by atoms with E-state index in [2.05, 4.69) is 10.2 Å². The van der Waals surface area contributed by atoms with Gasteiger partial charge in [-0.15, -0.1) is 10.2 Å². The van der Waals surface area contributed by atoms with Crippen molar-refractivity contribution in [2.45, 2.75) is 19.9 Å². The minimum atomic E-state index is -0.459. The molecule has 2 aromatic rings. The Morgan fingerprint density at radius 3 is 2.78 bits per heavy atom. The van der Waals surface area contributed by atoms with E-state index < -0.39 is 4.92 Å². The van der Waals surface area contributed by atoms with Crippen LogP contribution in [0.25, 0.3) is 11.4 Å². The van der Waals surface area contributed by atoms with Crippen molar-refractivity contribution in [3.8, 4) is 11.4 Å². The minimum Gasteiger partial charge on any atom is -0.398 e. The third kappa shape index (κ3) is 2.02. The Hall–Kier alpha value is -2.44. The van der Waals surface area contributed by atoms with Crippen LogP contribution in [0, 0.1) is 10.1 Å². The zero-order valence-corrected chi connectivity index (χ0v) is 10.1. The fourth-order valence-electron chi connectivity index (χ4n) is 1.66. The van der Waals surface area contributed by atoms with Crippen LogP contribution in [-0.2, 0) is 0 Å². The Bertz CT molecular complexity index is 591. The molecule has 1 heterocycles. The smallest absolute Gasteiger partial charge is 0.270 e. The first-order valence-corrected chi connectivity index (χ1v) is 5.44. The van der Waals surface area contributed by atoms with Gasteiger partial charge in [-0.05, 0) is 19.9 Å². The highest BCUT2D eigenvalue weighted by atomic mass is 16.6. The van der Waals surface area contributed by atoms with Gasteiger partial charge >= 0.3 is 0 Å². The van der Waals surface area contributed by atoms with E-state index in [9.17, 15) is 10.1 Å². The lowest BCUT2D eigenvalue weighted by Gasteiger charge is -2.11. The van der Waals surface area contributed by atoms with Crippen LogP contribution in [0.5, 0.6) is 0 Å². The van der Waals surface area contributed by atoms with Gasteiger partial charge in [0, 0.05) is 29.4 Å². The summed E-state index contributed by atoms with van der Waals surface area (Å²) < 4.78 is 1.81. The minimum absolute atomic E-state index is 0.0162. The zero-order valence-electron chi connectivity index (χ0n) is 10.1. The monoisotopic (exact) mass is 247 g/mol. The number of non-ortho nitro benzene ring substituents is 1. The van der Waals surface area contributed by atoms with Crippen molar-refractivity contribution in [3.05, 3.63) is 34.6 Å². The van der Waals surface area contributed by atoms with Gasteiger partial charge in [0.2, 0.25) is 0 Å². The Morgan fingerprint density at radius 1 is 1.44 bits per heavy atom. The predicted molar refractivity (Wildman–Crippen MR) is 66.9 cm³/mol. The molecule has 0 aliphatic rings. The maximum absolute atomic E-state index is 10.8. The summed E-state index contributed by atoms with van der Waals surface area (Å²) in [4.78, 5) is 10.3. The molecule has 0 aliphatic carbocycles. The Labute approximate surface area is 103 Å². The molecule has 0 saturated carbocycles. The molecule has 1 aromatic carbocycles. The van der Waals surface area contributed by atoms with E-state index in [1.165, 1.54) is 18.2 Å².